The molecule has 3 rings (SSSR count). The van der Waals surface area contributed by atoms with Gasteiger partial charge in [0.2, 0.25) is 5.91 Å². The third kappa shape index (κ3) is 5.66. The quantitative estimate of drug-likeness (QED) is 0.699. The molecule has 2 N–H and O–H groups in total. The molecular weight excluding hydrogens is 374 g/mol. The average Bonchev–Trinajstić information content (AvgIpc) is 3.16. The maximum absolute atomic E-state index is 12.4. The van der Waals surface area contributed by atoms with E-state index in [9.17, 15) is 14.4 Å². The number of rotatable bonds is 7. The second-order valence-corrected chi connectivity index (χ2v) is 7.76. The first-order chi connectivity index (χ1) is 13.6. The van der Waals surface area contributed by atoms with Gasteiger partial charge in [-0.1, -0.05) is 18.6 Å². The van der Waals surface area contributed by atoms with Crippen molar-refractivity contribution in [2.24, 2.45) is 0 Å². The summed E-state index contributed by atoms with van der Waals surface area (Å²) in [7, 11) is 0. The van der Waals surface area contributed by atoms with Gasteiger partial charge in [-0.25, -0.2) is 0 Å². The van der Waals surface area contributed by atoms with Crippen LogP contribution in [0.4, 0.5) is 5.69 Å². The second kappa shape index (κ2) is 10.0. The number of hydrogen-bond donors (Lipinski definition) is 2. The van der Waals surface area contributed by atoms with Gasteiger partial charge in [0.15, 0.2) is 0 Å². The summed E-state index contributed by atoms with van der Waals surface area (Å²) in [4.78, 5) is 39.0. The molecule has 0 spiro atoms. The van der Waals surface area contributed by atoms with Crippen molar-refractivity contribution in [3.05, 3.63) is 52.2 Å². The highest BCUT2D eigenvalue weighted by Crippen LogP contribution is 2.15. The van der Waals surface area contributed by atoms with Crippen LogP contribution in [0.2, 0.25) is 0 Å². The fraction of sp³-hybridized carbons (Fsp3) is 0.381. The van der Waals surface area contributed by atoms with Crippen molar-refractivity contribution < 1.29 is 14.4 Å². The second-order valence-electron chi connectivity index (χ2n) is 6.81. The highest BCUT2D eigenvalue weighted by atomic mass is 32.1. The van der Waals surface area contributed by atoms with Crippen molar-refractivity contribution in [1.82, 2.24) is 10.2 Å². The molecule has 1 aliphatic heterocycles. The Kier molecular flexibility index (Phi) is 7.19. The monoisotopic (exact) mass is 399 g/mol. The molecule has 2 heterocycles. The highest BCUT2D eigenvalue weighted by molar-refractivity contribution is 7.12. The SMILES string of the molecule is O=C(NCCCN1CCCCCC1=O)c1cccc(NC(=O)c2cccs2)c1. The molecule has 1 saturated heterocycles. The predicted octanol–water partition coefficient (Wildman–Crippen LogP) is 3.52. The van der Waals surface area contributed by atoms with Crippen molar-refractivity contribution in [2.45, 2.75) is 32.1 Å². The topological polar surface area (TPSA) is 78.5 Å². The van der Waals surface area contributed by atoms with Crippen molar-refractivity contribution in [2.75, 3.05) is 25.0 Å². The van der Waals surface area contributed by atoms with Crippen LogP contribution in [0.5, 0.6) is 0 Å². The molecule has 2 aromatic rings. The Hall–Kier alpha value is -2.67. The summed E-state index contributed by atoms with van der Waals surface area (Å²) < 4.78 is 0. The van der Waals surface area contributed by atoms with Gasteiger partial charge in [0.05, 0.1) is 4.88 Å². The lowest BCUT2D eigenvalue weighted by Crippen LogP contribution is -2.34. The number of anilines is 1. The van der Waals surface area contributed by atoms with E-state index < -0.39 is 0 Å². The number of likely N-dealkylation sites (tertiary alicyclic amines) is 1. The lowest BCUT2D eigenvalue weighted by atomic mass is 10.2. The van der Waals surface area contributed by atoms with Gasteiger partial charge < -0.3 is 15.5 Å². The van der Waals surface area contributed by atoms with Crippen LogP contribution in [0.1, 0.15) is 52.1 Å². The number of amides is 3. The van der Waals surface area contributed by atoms with Crippen LogP contribution in [0, 0.1) is 0 Å². The minimum Gasteiger partial charge on any atom is -0.352 e. The van der Waals surface area contributed by atoms with Crippen LogP contribution < -0.4 is 10.6 Å². The van der Waals surface area contributed by atoms with E-state index in [2.05, 4.69) is 10.6 Å². The highest BCUT2D eigenvalue weighted by Gasteiger charge is 2.16. The average molecular weight is 400 g/mol. The van der Waals surface area contributed by atoms with Gasteiger partial charge in [-0.05, 0) is 48.9 Å². The summed E-state index contributed by atoms with van der Waals surface area (Å²) in [6.07, 6.45) is 4.51. The number of thiophene rings is 1. The van der Waals surface area contributed by atoms with Crippen molar-refractivity contribution >= 4 is 34.7 Å². The van der Waals surface area contributed by atoms with Crippen LogP contribution in [-0.2, 0) is 4.79 Å². The van der Waals surface area contributed by atoms with E-state index in [4.69, 9.17) is 0 Å². The molecule has 7 heteroatoms. The molecule has 0 unspecified atom stereocenters. The molecule has 1 aromatic carbocycles. The maximum Gasteiger partial charge on any atom is 0.265 e. The summed E-state index contributed by atoms with van der Waals surface area (Å²) in [6, 6.07) is 10.5. The molecule has 1 aromatic heterocycles. The summed E-state index contributed by atoms with van der Waals surface area (Å²) in [5, 5.41) is 7.54. The molecule has 1 aliphatic rings. The summed E-state index contributed by atoms with van der Waals surface area (Å²) >= 11 is 1.37. The molecule has 6 nitrogen and oxygen atoms in total. The molecule has 3 amide bonds. The van der Waals surface area contributed by atoms with Gasteiger partial charge >= 0.3 is 0 Å². The summed E-state index contributed by atoms with van der Waals surface area (Å²) in [5.41, 5.74) is 1.08. The van der Waals surface area contributed by atoms with Gasteiger partial charge in [-0.3, -0.25) is 14.4 Å². The standard InChI is InChI=1S/C21H25N3O3S/c25-19-10-2-1-3-12-24(19)13-6-11-22-20(26)16-7-4-8-17(15-16)23-21(27)18-9-5-14-28-18/h4-5,7-9,14-15H,1-3,6,10-13H2,(H,22,26)(H,23,27). The van der Waals surface area contributed by atoms with Crippen LogP contribution in [0.15, 0.2) is 41.8 Å². The third-order valence-electron chi connectivity index (χ3n) is 4.69. The molecule has 0 atom stereocenters. The Morgan fingerprint density at radius 1 is 1.07 bits per heavy atom. The van der Waals surface area contributed by atoms with Crippen molar-refractivity contribution in [3.8, 4) is 0 Å². The zero-order valence-electron chi connectivity index (χ0n) is 15.8. The Morgan fingerprint density at radius 3 is 2.79 bits per heavy atom. The van der Waals surface area contributed by atoms with E-state index >= 15 is 0 Å². The number of carbonyl (C=O) groups is 3. The van der Waals surface area contributed by atoms with E-state index in [-0.39, 0.29) is 17.7 Å². The van der Waals surface area contributed by atoms with Crippen LogP contribution in [0.25, 0.3) is 0 Å². The van der Waals surface area contributed by atoms with E-state index in [0.717, 1.165) is 32.2 Å². The number of hydrogen-bond acceptors (Lipinski definition) is 4. The molecule has 0 aliphatic carbocycles. The Morgan fingerprint density at radius 2 is 1.96 bits per heavy atom. The van der Waals surface area contributed by atoms with E-state index in [1.54, 1.807) is 30.3 Å². The number of nitrogens with one attached hydrogen (secondary N) is 2. The summed E-state index contributed by atoms with van der Waals surface area (Å²) in [5.74, 6) is -0.151. The van der Waals surface area contributed by atoms with E-state index in [1.165, 1.54) is 11.3 Å². The number of carbonyl (C=O) groups excluding carboxylic acids is 3. The van der Waals surface area contributed by atoms with Crippen molar-refractivity contribution in [3.63, 3.8) is 0 Å². The fourth-order valence-corrected chi connectivity index (χ4v) is 3.81. The molecule has 0 saturated carbocycles. The minimum absolute atomic E-state index is 0.185. The zero-order valence-corrected chi connectivity index (χ0v) is 16.6. The molecule has 1 fully saturated rings. The summed E-state index contributed by atoms with van der Waals surface area (Å²) in [6.45, 7) is 2.00. The lowest BCUT2D eigenvalue weighted by molar-refractivity contribution is -0.130. The number of nitrogens with zero attached hydrogens (tertiary/aromatic N) is 1. The van der Waals surface area contributed by atoms with Crippen LogP contribution in [-0.4, -0.2) is 42.3 Å². The lowest BCUT2D eigenvalue weighted by Gasteiger charge is -2.20. The molecular formula is C21H25N3O3S. The Labute approximate surface area is 168 Å². The smallest absolute Gasteiger partial charge is 0.265 e. The third-order valence-corrected chi connectivity index (χ3v) is 5.56. The zero-order chi connectivity index (χ0) is 19.8. The Balaban J connectivity index is 1.46. The first-order valence-corrected chi connectivity index (χ1v) is 10.5. The van der Waals surface area contributed by atoms with E-state index in [0.29, 0.717) is 35.6 Å². The van der Waals surface area contributed by atoms with Crippen LogP contribution >= 0.6 is 11.3 Å². The van der Waals surface area contributed by atoms with Crippen LogP contribution in [0.3, 0.4) is 0 Å². The predicted molar refractivity (Wildman–Crippen MR) is 111 cm³/mol. The van der Waals surface area contributed by atoms with Crippen molar-refractivity contribution in [1.29, 1.82) is 0 Å². The van der Waals surface area contributed by atoms with Gasteiger partial charge in [0, 0.05) is 37.3 Å². The molecule has 0 bridgehead atoms. The molecule has 0 radical (unpaired) electrons. The first-order valence-electron chi connectivity index (χ1n) is 9.64. The maximum atomic E-state index is 12.4. The normalized spacial score (nSPS) is 14.4. The van der Waals surface area contributed by atoms with Gasteiger partial charge in [-0.15, -0.1) is 11.3 Å². The molecule has 28 heavy (non-hydrogen) atoms. The van der Waals surface area contributed by atoms with E-state index in [1.807, 2.05) is 16.3 Å². The first kappa shape index (κ1) is 20.1. The Bertz CT molecular complexity index is 820. The van der Waals surface area contributed by atoms with Gasteiger partial charge in [0.25, 0.3) is 11.8 Å². The number of benzene rings is 1. The largest absolute Gasteiger partial charge is 0.352 e. The van der Waals surface area contributed by atoms with Gasteiger partial charge in [-0.2, -0.15) is 0 Å². The minimum atomic E-state index is -0.186. The molecule has 148 valence electrons. The fourth-order valence-electron chi connectivity index (χ4n) is 3.19. The van der Waals surface area contributed by atoms with Gasteiger partial charge in [0.1, 0.15) is 0 Å².